The monoisotopic (exact) mass is 246 g/mol. The highest BCUT2D eigenvalue weighted by Gasteiger charge is 2.25. The maximum absolute atomic E-state index is 13.2. The Kier molecular flexibility index (Phi) is 2.26. The Morgan fingerprint density at radius 3 is 3.08 bits per heavy atom. The summed E-state index contributed by atoms with van der Waals surface area (Å²) in [4.78, 5) is 0. The van der Waals surface area contributed by atoms with Crippen molar-refractivity contribution in [2.24, 2.45) is 0 Å². The number of halogens is 2. The second-order valence-electron chi connectivity index (χ2n) is 3.00. The number of benzene rings is 1. The van der Waals surface area contributed by atoms with Crippen LogP contribution in [0.2, 0.25) is 0 Å². The number of aliphatic hydroxyl groups excluding tert-OH is 1. The molecule has 2 nitrogen and oxygen atoms in total. The normalized spacial score (nSPS) is 19.8. The van der Waals surface area contributed by atoms with Gasteiger partial charge in [0.15, 0.2) is 11.6 Å². The average molecular weight is 247 g/mol. The fourth-order valence-corrected chi connectivity index (χ4v) is 1.93. The molecule has 1 aromatic rings. The summed E-state index contributed by atoms with van der Waals surface area (Å²) in [6.07, 6.45) is 0.279. The molecule has 0 saturated heterocycles. The van der Waals surface area contributed by atoms with E-state index in [1.54, 1.807) is 0 Å². The van der Waals surface area contributed by atoms with Crippen molar-refractivity contribution < 1.29 is 14.2 Å². The molecule has 0 fully saturated rings. The molecule has 2 rings (SSSR count). The zero-order valence-electron chi connectivity index (χ0n) is 6.76. The van der Waals surface area contributed by atoms with Gasteiger partial charge in [-0.3, -0.25) is 0 Å². The molecule has 1 unspecified atom stereocenters. The second kappa shape index (κ2) is 3.27. The Bertz CT molecular complexity index is 341. The van der Waals surface area contributed by atoms with Crippen molar-refractivity contribution in [2.75, 3.05) is 6.61 Å². The van der Waals surface area contributed by atoms with Crippen molar-refractivity contribution in [2.45, 2.75) is 12.5 Å². The molecule has 1 heterocycles. The predicted octanol–water partition coefficient (Wildman–Crippen LogP) is 1.88. The highest BCUT2D eigenvalue weighted by atomic mass is 79.9. The first-order valence-corrected chi connectivity index (χ1v) is 4.75. The third-order valence-corrected chi connectivity index (χ3v) is 2.48. The van der Waals surface area contributed by atoms with Crippen LogP contribution in [0, 0.1) is 5.82 Å². The summed E-state index contributed by atoms with van der Waals surface area (Å²) in [6, 6.07) is 3.17. The van der Waals surface area contributed by atoms with E-state index in [9.17, 15) is 4.39 Å². The highest BCUT2D eigenvalue weighted by molar-refractivity contribution is 9.10. The van der Waals surface area contributed by atoms with Crippen molar-refractivity contribution in [1.82, 2.24) is 0 Å². The van der Waals surface area contributed by atoms with Gasteiger partial charge in [-0.05, 0) is 12.1 Å². The van der Waals surface area contributed by atoms with Crippen LogP contribution in [0.15, 0.2) is 16.6 Å². The molecule has 0 amide bonds. The average Bonchev–Trinajstić information content (AvgIpc) is 2.47. The molecule has 0 saturated carbocycles. The van der Waals surface area contributed by atoms with Crippen LogP contribution in [0.25, 0.3) is 0 Å². The molecule has 0 aromatic heterocycles. The lowest BCUT2D eigenvalue weighted by Crippen LogP contribution is -2.17. The molecule has 1 atom stereocenters. The van der Waals surface area contributed by atoms with Gasteiger partial charge in [0.2, 0.25) is 0 Å². The minimum atomic E-state index is -0.375. The topological polar surface area (TPSA) is 29.5 Å². The Morgan fingerprint density at radius 2 is 2.38 bits per heavy atom. The Balaban J connectivity index is 2.40. The second-order valence-corrected chi connectivity index (χ2v) is 3.92. The van der Waals surface area contributed by atoms with Crippen molar-refractivity contribution >= 4 is 15.9 Å². The minimum absolute atomic E-state index is 0.0776. The lowest BCUT2D eigenvalue weighted by Gasteiger charge is -2.05. The number of hydrogen-bond acceptors (Lipinski definition) is 2. The molecule has 13 heavy (non-hydrogen) atoms. The van der Waals surface area contributed by atoms with Gasteiger partial charge in [0, 0.05) is 16.5 Å². The SMILES string of the molecule is OCC1Cc2cc(Br)cc(F)c2O1. The molecule has 1 aliphatic heterocycles. The lowest BCUT2D eigenvalue weighted by atomic mass is 10.1. The molecule has 70 valence electrons. The van der Waals surface area contributed by atoms with Gasteiger partial charge in [-0.2, -0.15) is 0 Å². The summed E-state index contributed by atoms with van der Waals surface area (Å²) in [5.74, 6) is -0.0948. The van der Waals surface area contributed by atoms with Crippen LogP contribution < -0.4 is 4.74 Å². The summed E-state index contributed by atoms with van der Waals surface area (Å²) in [6.45, 7) is -0.0776. The van der Waals surface area contributed by atoms with Gasteiger partial charge in [0.05, 0.1) is 6.61 Å². The summed E-state index contributed by atoms with van der Waals surface area (Å²) >= 11 is 3.20. The minimum Gasteiger partial charge on any atom is -0.484 e. The summed E-state index contributed by atoms with van der Waals surface area (Å²) in [5.41, 5.74) is 0.811. The van der Waals surface area contributed by atoms with Gasteiger partial charge >= 0.3 is 0 Å². The molecule has 0 bridgehead atoms. The van der Waals surface area contributed by atoms with E-state index < -0.39 is 0 Å². The molecule has 0 aliphatic carbocycles. The zero-order chi connectivity index (χ0) is 9.42. The molecule has 4 heteroatoms. The number of hydrogen-bond donors (Lipinski definition) is 1. The van der Waals surface area contributed by atoms with Crippen LogP contribution in [0.4, 0.5) is 4.39 Å². The van der Waals surface area contributed by atoms with Crippen LogP contribution in [0.5, 0.6) is 5.75 Å². The number of rotatable bonds is 1. The summed E-state index contributed by atoms with van der Waals surface area (Å²) in [7, 11) is 0. The highest BCUT2D eigenvalue weighted by Crippen LogP contribution is 2.33. The lowest BCUT2D eigenvalue weighted by molar-refractivity contribution is 0.131. The standard InChI is InChI=1S/C9H8BrFO2/c10-6-1-5-2-7(4-12)13-9(5)8(11)3-6/h1,3,7,12H,2,4H2. The Labute approximate surface area is 83.5 Å². The van der Waals surface area contributed by atoms with E-state index in [-0.39, 0.29) is 24.3 Å². The first-order valence-electron chi connectivity index (χ1n) is 3.96. The van der Waals surface area contributed by atoms with Crippen LogP contribution in [0.1, 0.15) is 5.56 Å². The largest absolute Gasteiger partial charge is 0.484 e. The smallest absolute Gasteiger partial charge is 0.166 e. The van der Waals surface area contributed by atoms with Gasteiger partial charge in [0.25, 0.3) is 0 Å². The molecule has 1 aromatic carbocycles. The van der Waals surface area contributed by atoms with Crippen molar-refractivity contribution in [3.63, 3.8) is 0 Å². The molecular formula is C9H8BrFO2. The zero-order valence-corrected chi connectivity index (χ0v) is 8.34. The maximum Gasteiger partial charge on any atom is 0.166 e. The van der Waals surface area contributed by atoms with Crippen LogP contribution in [0.3, 0.4) is 0 Å². The van der Waals surface area contributed by atoms with Gasteiger partial charge in [-0.1, -0.05) is 15.9 Å². The van der Waals surface area contributed by atoms with Crippen molar-refractivity contribution in [3.8, 4) is 5.75 Å². The van der Waals surface area contributed by atoms with E-state index >= 15 is 0 Å². The summed E-state index contributed by atoms with van der Waals surface area (Å²) in [5, 5.41) is 8.84. The third kappa shape index (κ3) is 1.56. The molecule has 1 N–H and O–H groups in total. The van der Waals surface area contributed by atoms with Crippen LogP contribution >= 0.6 is 15.9 Å². The molecule has 0 spiro atoms. The van der Waals surface area contributed by atoms with E-state index in [4.69, 9.17) is 9.84 Å². The molecule has 0 radical (unpaired) electrons. The predicted molar refractivity (Wildman–Crippen MR) is 49.3 cm³/mol. The van der Waals surface area contributed by atoms with Gasteiger partial charge in [-0.25, -0.2) is 4.39 Å². The number of fused-ring (bicyclic) bond motifs is 1. The summed E-state index contributed by atoms with van der Waals surface area (Å²) < 4.78 is 19.1. The Morgan fingerprint density at radius 1 is 1.62 bits per heavy atom. The first-order chi connectivity index (χ1) is 6.20. The Hall–Kier alpha value is -0.610. The first kappa shape index (κ1) is 8.97. The van der Waals surface area contributed by atoms with Crippen molar-refractivity contribution in [1.29, 1.82) is 0 Å². The van der Waals surface area contributed by atoms with Gasteiger partial charge in [0.1, 0.15) is 6.10 Å². The maximum atomic E-state index is 13.2. The van der Waals surface area contributed by atoms with Crippen LogP contribution in [-0.4, -0.2) is 17.8 Å². The van der Waals surface area contributed by atoms with E-state index in [1.165, 1.54) is 6.07 Å². The van der Waals surface area contributed by atoms with Crippen molar-refractivity contribution in [3.05, 3.63) is 28.0 Å². The van der Waals surface area contributed by atoms with E-state index in [2.05, 4.69) is 15.9 Å². The van der Waals surface area contributed by atoms with Crippen LogP contribution in [-0.2, 0) is 6.42 Å². The molecular weight excluding hydrogens is 239 g/mol. The van der Waals surface area contributed by atoms with E-state index in [1.807, 2.05) is 6.07 Å². The number of aliphatic hydroxyl groups is 1. The van der Waals surface area contributed by atoms with Gasteiger partial charge < -0.3 is 9.84 Å². The fraction of sp³-hybridized carbons (Fsp3) is 0.333. The van der Waals surface area contributed by atoms with E-state index in [0.29, 0.717) is 10.9 Å². The third-order valence-electron chi connectivity index (χ3n) is 2.02. The quantitative estimate of drug-likeness (QED) is 0.821. The molecule has 1 aliphatic rings. The fourth-order valence-electron chi connectivity index (χ4n) is 1.45. The number of ether oxygens (including phenoxy) is 1. The van der Waals surface area contributed by atoms with Gasteiger partial charge in [-0.15, -0.1) is 0 Å². The van der Waals surface area contributed by atoms with E-state index in [0.717, 1.165) is 5.56 Å².